The van der Waals surface area contributed by atoms with Gasteiger partial charge in [-0.05, 0) is 19.4 Å². The number of ether oxygens (including phenoxy) is 1. The minimum Gasteiger partial charge on any atom is -0.462 e. The number of nitrogens with zero attached hydrogens (tertiary/aromatic N) is 1. The molecule has 6 heteroatoms. The van der Waals surface area contributed by atoms with Gasteiger partial charge in [0.05, 0.1) is 23.0 Å². The molecule has 24 heavy (non-hydrogen) atoms. The third kappa shape index (κ3) is 4.31. The molecule has 1 aromatic heterocycles. The van der Waals surface area contributed by atoms with E-state index >= 15 is 0 Å². The highest BCUT2D eigenvalue weighted by Gasteiger charge is 2.26. The van der Waals surface area contributed by atoms with Gasteiger partial charge in [-0.2, -0.15) is 5.26 Å². The van der Waals surface area contributed by atoms with Crippen LogP contribution in [0.5, 0.6) is 0 Å². The molecular formula is C18H21NO3S2. The van der Waals surface area contributed by atoms with Crippen molar-refractivity contribution in [2.24, 2.45) is 0 Å². The fourth-order valence-electron chi connectivity index (χ4n) is 2.05. The Kier molecular flexibility index (Phi) is 7.83. The van der Waals surface area contributed by atoms with Crippen LogP contribution >= 0.6 is 11.3 Å². The topological polar surface area (TPSA) is 67.2 Å². The molecule has 0 spiro atoms. The molecule has 1 aromatic carbocycles. The van der Waals surface area contributed by atoms with Gasteiger partial charge in [-0.1, -0.05) is 43.7 Å². The Labute approximate surface area is 149 Å². The molecule has 0 radical (unpaired) electrons. The molecule has 1 unspecified atom stereocenters. The van der Waals surface area contributed by atoms with Gasteiger partial charge in [0.2, 0.25) is 0 Å². The Morgan fingerprint density at radius 3 is 2.33 bits per heavy atom. The van der Waals surface area contributed by atoms with Gasteiger partial charge in [0.1, 0.15) is 15.2 Å². The zero-order chi connectivity index (χ0) is 18.3. The largest absolute Gasteiger partial charge is 0.462 e. The summed E-state index contributed by atoms with van der Waals surface area (Å²) in [4.78, 5) is 12.5. The van der Waals surface area contributed by atoms with E-state index in [9.17, 15) is 14.3 Å². The number of carbonyl (C=O) groups excluding carboxylic acids is 1. The van der Waals surface area contributed by atoms with E-state index in [1.165, 1.54) is 6.26 Å². The van der Waals surface area contributed by atoms with Gasteiger partial charge in [0, 0.05) is 11.8 Å². The molecular weight excluding hydrogens is 342 g/mol. The zero-order valence-electron chi connectivity index (χ0n) is 14.5. The number of aryl methyl sites for hydroxylation is 1. The second kappa shape index (κ2) is 9.36. The second-order valence-corrected chi connectivity index (χ2v) is 7.22. The van der Waals surface area contributed by atoms with Crippen molar-refractivity contribution < 1.29 is 13.7 Å². The predicted molar refractivity (Wildman–Crippen MR) is 98.8 cm³/mol. The summed E-state index contributed by atoms with van der Waals surface area (Å²) < 4.78 is 17.3. The van der Waals surface area contributed by atoms with Crippen molar-refractivity contribution >= 4 is 28.1 Å². The number of esters is 1. The van der Waals surface area contributed by atoms with Crippen LogP contribution in [0, 0.1) is 18.3 Å². The lowest BCUT2D eigenvalue weighted by Gasteiger charge is -2.05. The van der Waals surface area contributed by atoms with Crippen molar-refractivity contribution in [1.82, 2.24) is 0 Å². The van der Waals surface area contributed by atoms with Gasteiger partial charge in [0.25, 0.3) is 0 Å². The normalized spacial score (nSPS) is 11.0. The Bertz CT molecular complexity index is 771. The van der Waals surface area contributed by atoms with Crippen molar-refractivity contribution in [3.63, 3.8) is 0 Å². The average Bonchev–Trinajstić information content (AvgIpc) is 2.97. The van der Waals surface area contributed by atoms with Crippen LogP contribution in [0.1, 0.15) is 41.6 Å². The molecule has 0 aliphatic carbocycles. The third-order valence-electron chi connectivity index (χ3n) is 3.05. The highest BCUT2D eigenvalue weighted by atomic mass is 32.2. The monoisotopic (exact) mass is 363 g/mol. The van der Waals surface area contributed by atoms with E-state index in [2.05, 4.69) is 6.07 Å². The molecule has 0 fully saturated rings. The molecule has 0 bridgehead atoms. The molecule has 0 saturated heterocycles. The molecule has 0 aliphatic heterocycles. The number of rotatable bonds is 4. The van der Waals surface area contributed by atoms with E-state index in [1.807, 2.05) is 45.0 Å². The SMILES string of the molecule is CC.CCOC(=O)c1sc(S(C)=O)c(C#N)c1-c1ccc(C)cc1. The lowest BCUT2D eigenvalue weighted by atomic mass is 10.0. The summed E-state index contributed by atoms with van der Waals surface area (Å²) in [5.74, 6) is -0.490. The standard InChI is InChI=1S/C16H15NO3S2.C2H6/c1-4-20-15(18)14-13(11-7-5-10(2)6-8-11)12(9-17)16(21-14)22(3)19;1-2/h5-8H,4H2,1-3H3;1-2H3. The minimum absolute atomic E-state index is 0.247. The lowest BCUT2D eigenvalue weighted by Crippen LogP contribution is -2.04. The lowest BCUT2D eigenvalue weighted by molar-refractivity contribution is 0.0533. The van der Waals surface area contributed by atoms with Crippen molar-refractivity contribution in [2.45, 2.75) is 31.9 Å². The van der Waals surface area contributed by atoms with Crippen LogP contribution in [0.2, 0.25) is 0 Å². The van der Waals surface area contributed by atoms with Crippen molar-refractivity contribution in [1.29, 1.82) is 5.26 Å². The molecule has 0 aliphatic rings. The molecule has 2 aromatic rings. The maximum absolute atomic E-state index is 12.2. The maximum atomic E-state index is 12.2. The quantitative estimate of drug-likeness (QED) is 0.748. The van der Waals surface area contributed by atoms with Crippen molar-refractivity contribution in [3.05, 3.63) is 40.3 Å². The van der Waals surface area contributed by atoms with Crippen LogP contribution < -0.4 is 0 Å². The highest BCUT2D eigenvalue weighted by Crippen LogP contribution is 2.38. The second-order valence-electron chi connectivity index (χ2n) is 4.62. The molecule has 128 valence electrons. The van der Waals surface area contributed by atoms with Crippen LogP contribution in [0.15, 0.2) is 28.5 Å². The van der Waals surface area contributed by atoms with Crippen LogP contribution in [0.4, 0.5) is 0 Å². The Morgan fingerprint density at radius 2 is 1.88 bits per heavy atom. The van der Waals surface area contributed by atoms with Crippen LogP contribution in [-0.2, 0) is 15.5 Å². The summed E-state index contributed by atoms with van der Waals surface area (Å²) >= 11 is 1.07. The van der Waals surface area contributed by atoms with E-state index < -0.39 is 16.8 Å². The van der Waals surface area contributed by atoms with Gasteiger partial charge < -0.3 is 4.74 Å². The summed E-state index contributed by atoms with van der Waals surface area (Å²) in [5, 5.41) is 9.46. The fourth-order valence-corrected chi connectivity index (χ4v) is 4.10. The van der Waals surface area contributed by atoms with Gasteiger partial charge >= 0.3 is 5.97 Å². The molecule has 0 amide bonds. The smallest absolute Gasteiger partial charge is 0.349 e. The number of hydrogen-bond donors (Lipinski definition) is 0. The molecule has 4 nitrogen and oxygen atoms in total. The van der Waals surface area contributed by atoms with E-state index in [0.29, 0.717) is 14.6 Å². The number of nitriles is 1. The zero-order valence-corrected chi connectivity index (χ0v) is 16.1. The number of thiophene rings is 1. The maximum Gasteiger partial charge on any atom is 0.349 e. The molecule has 1 atom stereocenters. The third-order valence-corrected chi connectivity index (χ3v) is 5.69. The summed E-state index contributed by atoms with van der Waals surface area (Å²) in [6, 6.07) is 9.60. The summed E-state index contributed by atoms with van der Waals surface area (Å²) in [6.45, 7) is 7.93. The van der Waals surface area contributed by atoms with E-state index in [4.69, 9.17) is 4.74 Å². The van der Waals surface area contributed by atoms with Gasteiger partial charge in [-0.15, -0.1) is 11.3 Å². The van der Waals surface area contributed by atoms with E-state index in [1.54, 1.807) is 6.92 Å². The van der Waals surface area contributed by atoms with Gasteiger partial charge in [-0.3, -0.25) is 4.21 Å². The summed E-state index contributed by atoms with van der Waals surface area (Å²) in [7, 11) is -1.34. The highest BCUT2D eigenvalue weighted by molar-refractivity contribution is 7.86. The summed E-state index contributed by atoms with van der Waals surface area (Å²) in [6.07, 6.45) is 1.50. The van der Waals surface area contributed by atoms with Crippen molar-refractivity contribution in [2.75, 3.05) is 12.9 Å². The molecule has 2 rings (SSSR count). The number of benzene rings is 1. The van der Waals surface area contributed by atoms with E-state index in [0.717, 1.165) is 22.5 Å². The van der Waals surface area contributed by atoms with Gasteiger partial charge in [0.15, 0.2) is 0 Å². The van der Waals surface area contributed by atoms with Crippen molar-refractivity contribution in [3.8, 4) is 17.2 Å². The van der Waals surface area contributed by atoms with Gasteiger partial charge in [-0.25, -0.2) is 4.79 Å². The average molecular weight is 364 g/mol. The first-order valence-corrected chi connectivity index (χ1v) is 10.0. The molecule has 1 heterocycles. The predicted octanol–water partition coefficient (Wildman–Crippen LogP) is 4.54. The molecule has 0 saturated carbocycles. The van der Waals surface area contributed by atoms with Crippen LogP contribution in [0.25, 0.3) is 11.1 Å². The minimum atomic E-state index is -1.34. The first-order valence-electron chi connectivity index (χ1n) is 7.64. The van der Waals surface area contributed by atoms with Crippen LogP contribution in [-0.4, -0.2) is 23.0 Å². The number of carbonyl (C=O) groups is 1. The van der Waals surface area contributed by atoms with E-state index in [-0.39, 0.29) is 12.2 Å². The first kappa shape index (κ1) is 20.1. The Morgan fingerprint density at radius 1 is 1.29 bits per heavy atom. The Hall–Kier alpha value is -1.97. The molecule has 0 N–H and O–H groups in total. The Balaban J connectivity index is 0.00000139. The number of hydrogen-bond acceptors (Lipinski definition) is 5. The fraction of sp³-hybridized carbons (Fsp3) is 0.333. The first-order chi connectivity index (χ1) is 11.5. The summed E-state index contributed by atoms with van der Waals surface area (Å²) in [5.41, 5.74) is 2.63. The van der Waals surface area contributed by atoms with Crippen LogP contribution in [0.3, 0.4) is 0 Å².